The number of non-ortho nitro benzene ring substituents is 1. The van der Waals surface area contributed by atoms with Crippen molar-refractivity contribution in [3.8, 4) is 0 Å². The van der Waals surface area contributed by atoms with Gasteiger partial charge in [0.25, 0.3) is 5.69 Å². The first-order valence-corrected chi connectivity index (χ1v) is 10.4. The predicted molar refractivity (Wildman–Crippen MR) is 114 cm³/mol. The maximum atomic E-state index is 12.6. The Morgan fingerprint density at radius 3 is 2.59 bits per heavy atom. The van der Waals surface area contributed by atoms with Gasteiger partial charge in [0.15, 0.2) is 5.16 Å². The number of aromatic nitrogens is 2. The highest BCUT2D eigenvalue weighted by atomic mass is 35.5. The van der Waals surface area contributed by atoms with Crippen molar-refractivity contribution in [2.75, 3.05) is 36.8 Å². The summed E-state index contributed by atoms with van der Waals surface area (Å²) in [4.78, 5) is 34.5. The minimum absolute atomic E-state index is 0.0665. The van der Waals surface area contributed by atoms with E-state index < -0.39 is 4.92 Å². The van der Waals surface area contributed by atoms with E-state index in [4.69, 9.17) is 11.6 Å². The number of nitro groups is 1. The second-order valence-corrected chi connectivity index (χ2v) is 8.03. The van der Waals surface area contributed by atoms with Gasteiger partial charge < -0.3 is 14.8 Å². The molecule has 0 atom stereocenters. The minimum atomic E-state index is -0.408. The molecule has 29 heavy (non-hydrogen) atoms. The monoisotopic (exact) mass is 431 g/mol. The van der Waals surface area contributed by atoms with Crippen LogP contribution in [0.2, 0.25) is 5.02 Å². The molecule has 1 fully saturated rings. The summed E-state index contributed by atoms with van der Waals surface area (Å²) in [6, 6.07) is 12.0. The molecule has 1 aromatic heterocycles. The van der Waals surface area contributed by atoms with E-state index in [9.17, 15) is 14.9 Å². The third-order valence-corrected chi connectivity index (χ3v) is 5.91. The van der Waals surface area contributed by atoms with E-state index in [0.717, 1.165) is 16.7 Å². The number of rotatable bonds is 5. The molecule has 8 nitrogen and oxygen atoms in total. The van der Waals surface area contributed by atoms with Gasteiger partial charge in [-0.25, -0.2) is 4.98 Å². The molecule has 0 aliphatic carbocycles. The number of anilines is 1. The Hall–Kier alpha value is -2.78. The maximum Gasteiger partial charge on any atom is 0.269 e. The molecule has 1 amide bonds. The molecule has 150 valence electrons. The lowest BCUT2D eigenvalue weighted by Gasteiger charge is -2.36. The largest absolute Gasteiger partial charge is 0.368 e. The molecule has 2 heterocycles. The van der Waals surface area contributed by atoms with Gasteiger partial charge in [-0.05, 0) is 30.3 Å². The Morgan fingerprint density at radius 2 is 1.90 bits per heavy atom. The first-order chi connectivity index (χ1) is 14.0. The second kappa shape index (κ2) is 8.30. The summed E-state index contributed by atoms with van der Waals surface area (Å²) in [5, 5.41) is 12.1. The van der Waals surface area contributed by atoms with Gasteiger partial charge in [-0.1, -0.05) is 23.4 Å². The van der Waals surface area contributed by atoms with E-state index in [2.05, 4.69) is 14.9 Å². The quantitative estimate of drug-likeness (QED) is 0.377. The number of thioether (sulfide) groups is 1. The van der Waals surface area contributed by atoms with Crippen LogP contribution < -0.4 is 4.90 Å². The van der Waals surface area contributed by atoms with Crippen molar-refractivity contribution in [1.82, 2.24) is 14.9 Å². The van der Waals surface area contributed by atoms with Crippen LogP contribution in [0.4, 0.5) is 11.4 Å². The average molecular weight is 432 g/mol. The maximum absolute atomic E-state index is 12.6. The first-order valence-electron chi connectivity index (χ1n) is 9.05. The van der Waals surface area contributed by atoms with E-state index in [-0.39, 0.29) is 11.6 Å². The van der Waals surface area contributed by atoms with Crippen LogP contribution in [-0.2, 0) is 4.79 Å². The number of carbonyl (C=O) groups excluding carboxylic acids is 1. The van der Waals surface area contributed by atoms with E-state index >= 15 is 0 Å². The summed E-state index contributed by atoms with van der Waals surface area (Å²) in [7, 11) is 0. The number of nitrogens with zero attached hydrogens (tertiary/aromatic N) is 4. The number of piperazine rings is 1. The normalized spacial score (nSPS) is 14.4. The Morgan fingerprint density at radius 1 is 1.17 bits per heavy atom. The summed E-state index contributed by atoms with van der Waals surface area (Å²) in [5.74, 6) is 0.377. The Labute approximate surface area is 176 Å². The van der Waals surface area contributed by atoms with Crippen molar-refractivity contribution in [3.05, 3.63) is 57.6 Å². The zero-order valence-electron chi connectivity index (χ0n) is 15.4. The lowest BCUT2D eigenvalue weighted by atomic mass is 10.2. The van der Waals surface area contributed by atoms with Gasteiger partial charge >= 0.3 is 0 Å². The van der Waals surface area contributed by atoms with Crippen LogP contribution in [0.3, 0.4) is 0 Å². The van der Waals surface area contributed by atoms with E-state index in [0.29, 0.717) is 42.1 Å². The van der Waals surface area contributed by atoms with E-state index in [1.807, 2.05) is 17.0 Å². The first kappa shape index (κ1) is 19.5. The minimum Gasteiger partial charge on any atom is -0.368 e. The zero-order chi connectivity index (χ0) is 20.4. The highest BCUT2D eigenvalue weighted by molar-refractivity contribution is 7.99. The molecular weight excluding hydrogens is 414 g/mol. The van der Waals surface area contributed by atoms with Gasteiger partial charge in [0, 0.05) is 49.0 Å². The van der Waals surface area contributed by atoms with Crippen molar-refractivity contribution in [2.24, 2.45) is 0 Å². The number of hydrogen-bond acceptors (Lipinski definition) is 6. The molecular formula is C19H18ClN5O3S. The van der Waals surface area contributed by atoms with Crippen molar-refractivity contribution >= 4 is 51.7 Å². The third-order valence-electron chi connectivity index (χ3n) is 4.81. The Kier molecular flexibility index (Phi) is 5.59. The van der Waals surface area contributed by atoms with Crippen LogP contribution in [-0.4, -0.2) is 57.6 Å². The summed E-state index contributed by atoms with van der Waals surface area (Å²) in [6.07, 6.45) is 0. The number of benzene rings is 2. The third kappa shape index (κ3) is 4.46. The average Bonchev–Trinajstić information content (AvgIpc) is 3.14. The molecule has 0 unspecified atom stereocenters. The van der Waals surface area contributed by atoms with Crippen LogP contribution in [0.5, 0.6) is 0 Å². The van der Waals surface area contributed by atoms with E-state index in [1.165, 1.54) is 23.9 Å². The molecule has 1 aliphatic heterocycles. The summed E-state index contributed by atoms with van der Waals surface area (Å²) in [5.41, 5.74) is 2.68. The van der Waals surface area contributed by atoms with Gasteiger partial charge in [0.05, 0.1) is 21.7 Å². The number of H-pyrrole nitrogens is 1. The molecule has 4 rings (SSSR count). The second-order valence-electron chi connectivity index (χ2n) is 6.63. The number of hydrogen-bond donors (Lipinski definition) is 1. The number of carbonyl (C=O) groups is 1. The highest BCUT2D eigenvalue weighted by Gasteiger charge is 2.22. The molecule has 0 radical (unpaired) electrons. The van der Waals surface area contributed by atoms with Crippen molar-refractivity contribution < 1.29 is 9.72 Å². The molecule has 1 aliphatic rings. The van der Waals surface area contributed by atoms with Crippen molar-refractivity contribution in [1.29, 1.82) is 0 Å². The van der Waals surface area contributed by atoms with Crippen LogP contribution in [0, 0.1) is 10.1 Å². The van der Waals surface area contributed by atoms with Gasteiger partial charge in [-0.15, -0.1) is 0 Å². The van der Waals surface area contributed by atoms with Crippen molar-refractivity contribution in [3.63, 3.8) is 0 Å². The fourth-order valence-electron chi connectivity index (χ4n) is 3.25. The summed E-state index contributed by atoms with van der Waals surface area (Å²) < 4.78 is 0. The van der Waals surface area contributed by atoms with Crippen LogP contribution in [0.1, 0.15) is 0 Å². The zero-order valence-corrected chi connectivity index (χ0v) is 16.9. The summed E-state index contributed by atoms with van der Waals surface area (Å²) in [6.45, 7) is 2.62. The van der Waals surface area contributed by atoms with Crippen LogP contribution in [0.25, 0.3) is 11.0 Å². The van der Waals surface area contributed by atoms with Crippen LogP contribution in [0.15, 0.2) is 47.6 Å². The number of nitrogens with one attached hydrogen (secondary N) is 1. The molecule has 0 saturated carbocycles. The Bertz CT molecular complexity index is 1050. The standard InChI is InChI=1S/C19H18ClN5O3S/c20-13-1-6-16-17(11-13)22-19(21-16)29-12-18(26)24-9-7-23(8-10-24)14-2-4-15(5-3-14)25(27)28/h1-6,11H,7-10,12H2,(H,21,22). The smallest absolute Gasteiger partial charge is 0.269 e. The highest BCUT2D eigenvalue weighted by Crippen LogP contribution is 2.23. The molecule has 0 spiro atoms. The molecule has 1 saturated heterocycles. The van der Waals surface area contributed by atoms with Crippen molar-refractivity contribution in [2.45, 2.75) is 5.16 Å². The lowest BCUT2D eigenvalue weighted by molar-refractivity contribution is -0.384. The topological polar surface area (TPSA) is 95.4 Å². The number of halogens is 1. The number of nitro benzene ring substituents is 1. The lowest BCUT2D eigenvalue weighted by Crippen LogP contribution is -2.49. The van der Waals surface area contributed by atoms with Crippen LogP contribution >= 0.6 is 23.4 Å². The number of amides is 1. The molecule has 1 N–H and O–H groups in total. The molecule has 10 heteroatoms. The predicted octanol–water partition coefficient (Wildman–Crippen LogP) is 3.57. The molecule has 2 aromatic carbocycles. The van der Waals surface area contributed by atoms with Gasteiger partial charge in [-0.3, -0.25) is 14.9 Å². The fourth-order valence-corrected chi connectivity index (χ4v) is 4.21. The van der Waals surface area contributed by atoms with E-state index in [1.54, 1.807) is 18.2 Å². The molecule has 0 bridgehead atoms. The summed E-state index contributed by atoms with van der Waals surface area (Å²) >= 11 is 7.36. The SMILES string of the molecule is O=C(CSc1nc2ccc(Cl)cc2[nH]1)N1CCN(c2ccc([N+](=O)[O-])cc2)CC1. The number of aromatic amines is 1. The number of imidazole rings is 1. The van der Waals surface area contributed by atoms with Gasteiger partial charge in [-0.2, -0.15) is 0 Å². The van der Waals surface area contributed by atoms with Gasteiger partial charge in [0.2, 0.25) is 5.91 Å². The molecule has 3 aromatic rings. The Balaban J connectivity index is 1.29. The van der Waals surface area contributed by atoms with Gasteiger partial charge in [0.1, 0.15) is 0 Å². The number of fused-ring (bicyclic) bond motifs is 1. The fraction of sp³-hybridized carbons (Fsp3) is 0.263.